The molecule has 14 heteroatoms. The molecular weight excluding hydrogens is 661 g/mol. The first kappa shape index (κ1) is 35.3. The number of fused-ring (bicyclic) bond motifs is 1. The minimum absolute atomic E-state index is 0.0699. The maximum absolute atomic E-state index is 14.1. The third-order valence-electron chi connectivity index (χ3n) is 8.89. The van der Waals surface area contributed by atoms with Gasteiger partial charge in [0.05, 0.1) is 28.8 Å². The van der Waals surface area contributed by atoms with Crippen LogP contribution in [0.2, 0.25) is 0 Å². The molecule has 2 aromatic carbocycles. The van der Waals surface area contributed by atoms with Crippen molar-refractivity contribution in [1.82, 2.24) is 29.7 Å². The Bertz CT molecular complexity index is 2060. The highest BCUT2D eigenvalue weighted by Gasteiger charge is 2.34. The van der Waals surface area contributed by atoms with Gasteiger partial charge in [-0.1, -0.05) is 30.0 Å². The first-order chi connectivity index (χ1) is 24.3. The topological polar surface area (TPSA) is 124 Å². The van der Waals surface area contributed by atoms with Gasteiger partial charge in [-0.05, 0) is 48.5 Å². The van der Waals surface area contributed by atoms with Crippen molar-refractivity contribution in [2.24, 2.45) is 7.05 Å². The zero-order valence-corrected chi connectivity index (χ0v) is 28.4. The normalized spacial score (nSPS) is 15.0. The van der Waals surface area contributed by atoms with Crippen LogP contribution in [0.1, 0.15) is 50.8 Å². The number of piperazine rings is 1. The van der Waals surface area contributed by atoms with E-state index in [1.165, 1.54) is 25.3 Å². The fourth-order valence-electron chi connectivity index (χ4n) is 6.24. The Kier molecular flexibility index (Phi) is 10.2. The average molecular weight is 699 g/mol. The van der Waals surface area contributed by atoms with Crippen LogP contribution in [0.25, 0.3) is 11.4 Å². The molecule has 0 saturated carbocycles. The molecule has 2 aromatic heterocycles. The maximum atomic E-state index is 14.1. The van der Waals surface area contributed by atoms with Crippen molar-refractivity contribution in [2.45, 2.75) is 32.5 Å². The molecule has 0 aliphatic carbocycles. The molecule has 3 N–H and O–H groups in total. The Morgan fingerprint density at radius 2 is 1.78 bits per heavy atom. The zero-order chi connectivity index (χ0) is 36.3. The number of anilines is 2. The molecule has 0 radical (unpaired) electrons. The summed E-state index contributed by atoms with van der Waals surface area (Å²) in [6, 6.07) is 12.7. The van der Waals surface area contributed by atoms with Crippen LogP contribution in [-0.4, -0.2) is 81.8 Å². The molecule has 4 heterocycles. The summed E-state index contributed by atoms with van der Waals surface area (Å²) >= 11 is 0. The van der Waals surface area contributed by atoms with Crippen molar-refractivity contribution < 1.29 is 27.6 Å². The van der Waals surface area contributed by atoms with Crippen molar-refractivity contribution in [3.8, 4) is 23.2 Å². The van der Waals surface area contributed by atoms with Crippen LogP contribution >= 0.6 is 0 Å². The molecule has 3 amide bonds. The van der Waals surface area contributed by atoms with Crippen molar-refractivity contribution in [1.29, 1.82) is 0 Å². The second-order valence-electron chi connectivity index (χ2n) is 12.7. The molecule has 2 aliphatic heterocycles. The summed E-state index contributed by atoms with van der Waals surface area (Å²) in [6.45, 7) is 5.00. The summed E-state index contributed by atoms with van der Waals surface area (Å²) in [7, 11) is 3.83. The van der Waals surface area contributed by atoms with Crippen molar-refractivity contribution in [3.63, 3.8) is 0 Å². The molecule has 11 nitrogen and oxygen atoms in total. The Hall–Kier alpha value is -5.52. The summed E-state index contributed by atoms with van der Waals surface area (Å²) < 4.78 is 44.1. The van der Waals surface area contributed by atoms with E-state index >= 15 is 0 Å². The molecule has 1 saturated heterocycles. The van der Waals surface area contributed by atoms with E-state index < -0.39 is 17.6 Å². The standard InChI is InChI=1S/C37H37F3N8O3/c1-23(49)43-36-42-21-26(34(45-36)32-20-29-31(47(32)3)11-12-41-35(29)51)8-7-24-5-4-6-25(17-24)18-33(50)44-28-10-9-27(30(19-28)37(38,39)40)22-48-15-13-46(2)14-16-48/h4-6,9-10,17,19-21H,11-16,18,22H2,1-3H3,(H,41,51)(H,44,50)(H,42,43,45,49). The van der Waals surface area contributed by atoms with Crippen LogP contribution in [-0.2, 0) is 42.2 Å². The van der Waals surface area contributed by atoms with Gasteiger partial charge in [0.15, 0.2) is 0 Å². The van der Waals surface area contributed by atoms with Gasteiger partial charge in [-0.15, -0.1) is 0 Å². The fourth-order valence-corrected chi connectivity index (χ4v) is 6.24. The summed E-state index contributed by atoms with van der Waals surface area (Å²) in [5.41, 5.74) is 3.57. The zero-order valence-electron chi connectivity index (χ0n) is 28.4. The van der Waals surface area contributed by atoms with Crippen LogP contribution in [0.5, 0.6) is 0 Å². The minimum Gasteiger partial charge on any atom is -0.352 e. The Balaban J connectivity index is 1.20. The van der Waals surface area contributed by atoms with Crippen molar-refractivity contribution in [2.75, 3.05) is 50.4 Å². The molecule has 2 aliphatic rings. The quantitative estimate of drug-likeness (QED) is 0.249. The number of alkyl halides is 3. The second-order valence-corrected chi connectivity index (χ2v) is 12.7. The lowest BCUT2D eigenvalue weighted by molar-refractivity contribution is -0.138. The highest BCUT2D eigenvalue weighted by molar-refractivity contribution is 5.98. The van der Waals surface area contributed by atoms with Crippen LogP contribution in [0.3, 0.4) is 0 Å². The van der Waals surface area contributed by atoms with Crippen LogP contribution in [0, 0.1) is 11.8 Å². The van der Waals surface area contributed by atoms with E-state index in [1.54, 1.807) is 30.3 Å². The molecule has 0 spiro atoms. The Morgan fingerprint density at radius 3 is 2.51 bits per heavy atom. The van der Waals surface area contributed by atoms with E-state index in [0.29, 0.717) is 59.7 Å². The molecule has 1 fully saturated rings. The number of rotatable bonds is 7. The third kappa shape index (κ3) is 8.45. The molecule has 4 aromatic rings. The molecule has 0 bridgehead atoms. The van der Waals surface area contributed by atoms with Crippen LogP contribution < -0.4 is 16.0 Å². The van der Waals surface area contributed by atoms with Gasteiger partial charge < -0.3 is 20.1 Å². The van der Waals surface area contributed by atoms with E-state index in [1.807, 2.05) is 23.6 Å². The SMILES string of the molecule is CC(=O)Nc1ncc(C#Cc2cccc(CC(=O)Nc3ccc(CN4CCN(C)CC4)c(C(F)(F)F)c3)c2)c(-c2cc3c(n2C)CCNC3=O)n1. The summed E-state index contributed by atoms with van der Waals surface area (Å²) in [5, 5.41) is 8.04. The van der Waals surface area contributed by atoms with E-state index in [4.69, 9.17) is 0 Å². The minimum atomic E-state index is -4.57. The maximum Gasteiger partial charge on any atom is 0.416 e. The number of hydrogen-bond acceptors (Lipinski definition) is 7. The van der Waals surface area contributed by atoms with Gasteiger partial charge in [-0.2, -0.15) is 13.2 Å². The number of carbonyl (C=O) groups excluding carboxylic acids is 3. The van der Waals surface area contributed by atoms with Gasteiger partial charge in [0.1, 0.15) is 5.69 Å². The summed E-state index contributed by atoms with van der Waals surface area (Å²) in [5.74, 6) is 5.27. The summed E-state index contributed by atoms with van der Waals surface area (Å²) in [4.78, 5) is 50.2. The highest BCUT2D eigenvalue weighted by Crippen LogP contribution is 2.35. The van der Waals surface area contributed by atoms with E-state index in [0.717, 1.165) is 24.8 Å². The monoisotopic (exact) mass is 698 g/mol. The van der Waals surface area contributed by atoms with E-state index in [-0.39, 0.29) is 42.0 Å². The third-order valence-corrected chi connectivity index (χ3v) is 8.89. The smallest absolute Gasteiger partial charge is 0.352 e. The van der Waals surface area contributed by atoms with Crippen molar-refractivity contribution >= 4 is 29.4 Å². The number of halogens is 3. The van der Waals surface area contributed by atoms with Crippen LogP contribution in [0.15, 0.2) is 54.7 Å². The fraction of sp³-hybridized carbons (Fsp3) is 0.324. The number of benzene rings is 2. The van der Waals surface area contributed by atoms with E-state index in [2.05, 4.69) is 42.7 Å². The van der Waals surface area contributed by atoms with Gasteiger partial charge in [0.2, 0.25) is 17.8 Å². The Labute approximate surface area is 293 Å². The molecule has 0 atom stereocenters. The molecule has 0 unspecified atom stereocenters. The van der Waals surface area contributed by atoms with Crippen molar-refractivity contribution in [3.05, 3.63) is 93.8 Å². The first-order valence-electron chi connectivity index (χ1n) is 16.5. The highest BCUT2D eigenvalue weighted by atomic mass is 19.4. The second kappa shape index (κ2) is 14.8. The lowest BCUT2D eigenvalue weighted by atomic mass is 10.0. The number of nitrogens with one attached hydrogen (secondary N) is 3. The molecule has 51 heavy (non-hydrogen) atoms. The van der Waals surface area contributed by atoms with Gasteiger partial charge in [-0.25, -0.2) is 9.97 Å². The number of amides is 3. The molecule has 264 valence electrons. The number of likely N-dealkylation sites (N-methyl/N-ethyl adjacent to an activating group) is 1. The predicted octanol–water partition coefficient (Wildman–Crippen LogP) is 4.07. The number of hydrogen-bond donors (Lipinski definition) is 3. The predicted molar refractivity (Wildman–Crippen MR) is 186 cm³/mol. The van der Waals surface area contributed by atoms with Gasteiger partial charge in [0.25, 0.3) is 5.91 Å². The number of aromatic nitrogens is 3. The largest absolute Gasteiger partial charge is 0.416 e. The van der Waals surface area contributed by atoms with Gasteiger partial charge >= 0.3 is 6.18 Å². The Morgan fingerprint density at radius 1 is 1.00 bits per heavy atom. The number of carbonyl (C=O) groups is 3. The first-order valence-corrected chi connectivity index (χ1v) is 16.5. The number of nitrogens with zero attached hydrogens (tertiary/aromatic N) is 5. The summed E-state index contributed by atoms with van der Waals surface area (Å²) in [6.07, 6.45) is -2.51. The van der Waals surface area contributed by atoms with Gasteiger partial charge in [-0.3, -0.25) is 24.6 Å². The lowest BCUT2D eigenvalue weighted by Gasteiger charge is -2.33. The van der Waals surface area contributed by atoms with Crippen LogP contribution in [0.4, 0.5) is 24.8 Å². The average Bonchev–Trinajstić information content (AvgIpc) is 3.42. The lowest BCUT2D eigenvalue weighted by Crippen LogP contribution is -2.44. The molecular formula is C37H37F3N8O3. The van der Waals surface area contributed by atoms with E-state index in [9.17, 15) is 27.6 Å². The molecule has 6 rings (SSSR count). The van der Waals surface area contributed by atoms with Gasteiger partial charge in [0, 0.05) is 82.8 Å².